The summed E-state index contributed by atoms with van der Waals surface area (Å²) in [6.07, 6.45) is 2.32. The second-order valence-electron chi connectivity index (χ2n) is 9.43. The monoisotopic (exact) mass is 543 g/mol. The number of ether oxygens (including phenoxy) is 1. The number of rotatable bonds is 12. The Kier molecular flexibility index (Phi) is 9.44. The molecule has 3 aromatic rings. The molecular weight excluding hydrogens is 510 g/mol. The molecule has 0 radical (unpaired) electrons. The number of likely N-dealkylation sites (tertiary alicyclic amines) is 1. The Morgan fingerprint density at radius 3 is 1.95 bits per heavy atom. The van der Waals surface area contributed by atoms with Gasteiger partial charge in [0, 0.05) is 17.8 Å². The number of nitrogens with zero attached hydrogens (tertiary/aromatic N) is 1. The number of amides is 3. The first-order chi connectivity index (χ1) is 19.0. The number of nitrogens with one attached hydrogen (secondary N) is 1. The molecule has 8 heteroatoms. The standard InChI is InChI=1S/C31H33N3O4S/c1-2-18-38-30(37)33-28(29(32)36)20-26-19-27(21-34(26)22-35)39-31(23-12-6-3-7-13-23,24-14-8-4-9-15-24)25-16-10-5-11-17-25/h2-17,22,26-28H,1,18-21H2,(H2,32,36)(H,33,37). The zero-order valence-electron chi connectivity index (χ0n) is 21.6. The average molecular weight is 544 g/mol. The van der Waals surface area contributed by atoms with Crippen molar-refractivity contribution < 1.29 is 19.1 Å². The highest BCUT2D eigenvalue weighted by Gasteiger charge is 2.43. The molecule has 7 nitrogen and oxygen atoms in total. The number of benzene rings is 3. The molecule has 3 amide bonds. The van der Waals surface area contributed by atoms with E-state index in [1.54, 1.807) is 16.7 Å². The van der Waals surface area contributed by atoms with Gasteiger partial charge in [-0.3, -0.25) is 9.59 Å². The molecule has 3 aromatic carbocycles. The van der Waals surface area contributed by atoms with Crippen LogP contribution in [0, 0.1) is 0 Å². The maximum absolute atomic E-state index is 12.2. The molecule has 39 heavy (non-hydrogen) atoms. The molecule has 0 spiro atoms. The predicted molar refractivity (Wildman–Crippen MR) is 154 cm³/mol. The number of hydrogen-bond donors (Lipinski definition) is 2. The molecular formula is C31H33N3O4S. The van der Waals surface area contributed by atoms with Crippen LogP contribution in [0.5, 0.6) is 0 Å². The molecule has 0 aliphatic carbocycles. The first kappa shape index (κ1) is 28.0. The summed E-state index contributed by atoms with van der Waals surface area (Å²) in [5.74, 6) is -0.681. The highest BCUT2D eigenvalue weighted by molar-refractivity contribution is 8.01. The Morgan fingerprint density at radius 2 is 1.51 bits per heavy atom. The second kappa shape index (κ2) is 13.2. The van der Waals surface area contributed by atoms with Gasteiger partial charge >= 0.3 is 6.09 Å². The summed E-state index contributed by atoms with van der Waals surface area (Å²) in [4.78, 5) is 38.1. The molecule has 3 atom stereocenters. The van der Waals surface area contributed by atoms with Crippen LogP contribution in [0.3, 0.4) is 0 Å². The summed E-state index contributed by atoms with van der Waals surface area (Å²) in [6, 6.07) is 29.8. The van der Waals surface area contributed by atoms with Gasteiger partial charge in [-0.25, -0.2) is 4.79 Å². The molecule has 1 fully saturated rings. The Bertz CT molecular complexity index is 1160. The van der Waals surface area contributed by atoms with Gasteiger partial charge in [0.25, 0.3) is 0 Å². The maximum atomic E-state index is 12.2. The van der Waals surface area contributed by atoms with Crippen molar-refractivity contribution in [3.63, 3.8) is 0 Å². The van der Waals surface area contributed by atoms with Crippen LogP contribution < -0.4 is 11.1 Å². The van der Waals surface area contributed by atoms with Gasteiger partial charge in [-0.05, 0) is 29.5 Å². The average Bonchev–Trinajstić information content (AvgIpc) is 3.36. The van der Waals surface area contributed by atoms with Gasteiger partial charge in [-0.1, -0.05) is 104 Å². The van der Waals surface area contributed by atoms with E-state index in [-0.39, 0.29) is 24.3 Å². The number of thioether (sulfide) groups is 1. The summed E-state index contributed by atoms with van der Waals surface area (Å²) in [5, 5.41) is 2.57. The third-order valence-corrected chi connectivity index (χ3v) is 8.65. The van der Waals surface area contributed by atoms with E-state index >= 15 is 0 Å². The van der Waals surface area contributed by atoms with Crippen molar-refractivity contribution in [2.45, 2.75) is 34.9 Å². The van der Waals surface area contributed by atoms with Crippen molar-refractivity contribution in [1.29, 1.82) is 0 Å². The normalized spacial score (nSPS) is 17.7. The number of hydrogen-bond acceptors (Lipinski definition) is 5. The lowest BCUT2D eigenvalue weighted by Crippen LogP contribution is -2.48. The fourth-order valence-electron chi connectivity index (χ4n) is 5.15. The lowest BCUT2D eigenvalue weighted by molar-refractivity contribution is -0.122. The SMILES string of the molecule is C=CCOC(=O)NC(CC1CC(SC(c2ccccc2)(c2ccccc2)c2ccccc2)CN1C=O)C(N)=O. The number of primary amides is 1. The first-order valence-corrected chi connectivity index (χ1v) is 13.7. The van der Waals surface area contributed by atoms with Gasteiger partial charge in [-0.2, -0.15) is 0 Å². The van der Waals surface area contributed by atoms with Crippen LogP contribution >= 0.6 is 11.8 Å². The Labute approximate surface area is 233 Å². The fourth-order valence-corrected chi connectivity index (χ4v) is 7.03. The Balaban J connectivity index is 1.65. The molecule has 202 valence electrons. The molecule has 4 rings (SSSR count). The molecule has 1 heterocycles. The lowest BCUT2D eigenvalue weighted by atomic mass is 9.84. The quantitative estimate of drug-likeness (QED) is 0.199. The van der Waals surface area contributed by atoms with Crippen molar-refractivity contribution >= 4 is 30.2 Å². The highest BCUT2D eigenvalue weighted by Crippen LogP contribution is 2.52. The van der Waals surface area contributed by atoms with E-state index in [1.165, 1.54) is 6.08 Å². The third-order valence-electron chi connectivity index (χ3n) is 6.91. The molecule has 0 saturated carbocycles. The van der Waals surface area contributed by atoms with Gasteiger partial charge in [-0.15, -0.1) is 11.8 Å². The molecule has 0 bridgehead atoms. The van der Waals surface area contributed by atoms with Crippen molar-refractivity contribution in [3.8, 4) is 0 Å². The van der Waals surface area contributed by atoms with Gasteiger partial charge in [0.05, 0.1) is 4.75 Å². The van der Waals surface area contributed by atoms with E-state index in [2.05, 4.69) is 48.3 Å². The largest absolute Gasteiger partial charge is 0.445 e. The first-order valence-electron chi connectivity index (χ1n) is 12.9. The summed E-state index contributed by atoms with van der Waals surface area (Å²) in [5.41, 5.74) is 9.00. The lowest BCUT2D eigenvalue weighted by Gasteiger charge is -2.37. The van der Waals surface area contributed by atoms with Gasteiger partial charge in [0.1, 0.15) is 12.6 Å². The maximum Gasteiger partial charge on any atom is 0.408 e. The predicted octanol–water partition coefficient (Wildman–Crippen LogP) is 4.47. The van der Waals surface area contributed by atoms with Crippen LogP contribution in [-0.2, 0) is 19.1 Å². The van der Waals surface area contributed by atoms with Crippen LogP contribution in [0.25, 0.3) is 0 Å². The van der Waals surface area contributed by atoms with Crippen molar-refractivity contribution in [2.75, 3.05) is 13.2 Å². The van der Waals surface area contributed by atoms with E-state index in [0.29, 0.717) is 13.0 Å². The third kappa shape index (κ3) is 6.52. The van der Waals surface area contributed by atoms with E-state index in [0.717, 1.165) is 23.1 Å². The minimum atomic E-state index is -0.972. The number of carbonyl (C=O) groups excluding carboxylic acids is 3. The van der Waals surface area contributed by atoms with Gasteiger partial charge in [0.2, 0.25) is 12.3 Å². The summed E-state index contributed by atoms with van der Waals surface area (Å²) >= 11 is 1.80. The van der Waals surface area contributed by atoms with E-state index in [1.807, 2.05) is 54.6 Å². The van der Waals surface area contributed by atoms with Crippen LogP contribution in [0.2, 0.25) is 0 Å². The highest BCUT2D eigenvalue weighted by atomic mass is 32.2. The van der Waals surface area contributed by atoms with Crippen LogP contribution in [-0.4, -0.2) is 53.8 Å². The molecule has 1 saturated heterocycles. The van der Waals surface area contributed by atoms with Crippen molar-refractivity contribution in [2.24, 2.45) is 5.73 Å². The van der Waals surface area contributed by atoms with Crippen LogP contribution in [0.1, 0.15) is 29.5 Å². The Hall–Kier alpha value is -4.04. The summed E-state index contributed by atoms with van der Waals surface area (Å²) in [7, 11) is 0. The fraction of sp³-hybridized carbons (Fsp3) is 0.258. The van der Waals surface area contributed by atoms with Crippen molar-refractivity contribution in [3.05, 3.63) is 120 Å². The Morgan fingerprint density at radius 1 is 1.00 bits per heavy atom. The van der Waals surface area contributed by atoms with Gasteiger partial charge in [0.15, 0.2) is 0 Å². The summed E-state index contributed by atoms with van der Waals surface area (Å²) < 4.78 is 4.43. The molecule has 0 aromatic heterocycles. The molecule has 1 aliphatic rings. The number of carbonyl (C=O) groups is 3. The molecule has 1 aliphatic heterocycles. The zero-order valence-corrected chi connectivity index (χ0v) is 22.5. The second-order valence-corrected chi connectivity index (χ2v) is 10.9. The van der Waals surface area contributed by atoms with E-state index < -0.39 is 22.8 Å². The zero-order chi connectivity index (χ0) is 27.7. The topological polar surface area (TPSA) is 102 Å². The molecule has 3 unspecified atom stereocenters. The van der Waals surface area contributed by atoms with E-state index in [9.17, 15) is 14.4 Å². The van der Waals surface area contributed by atoms with Crippen LogP contribution in [0.15, 0.2) is 104 Å². The van der Waals surface area contributed by atoms with Crippen LogP contribution in [0.4, 0.5) is 4.79 Å². The number of nitrogens with two attached hydrogens (primary N) is 1. The van der Waals surface area contributed by atoms with Gasteiger partial charge < -0.3 is 20.7 Å². The van der Waals surface area contributed by atoms with E-state index in [4.69, 9.17) is 10.5 Å². The summed E-state index contributed by atoms with van der Waals surface area (Å²) in [6.45, 7) is 4.02. The van der Waals surface area contributed by atoms with Crippen molar-refractivity contribution in [1.82, 2.24) is 10.2 Å². The minimum Gasteiger partial charge on any atom is -0.445 e. The number of alkyl carbamates (subject to hydrolysis) is 1. The minimum absolute atomic E-state index is 0.0143. The smallest absolute Gasteiger partial charge is 0.408 e. The molecule has 3 N–H and O–H groups in total.